The standard InChI is InChI=1S/C8H14O7/c9-2-4(11)7-6(12)3(10)1-5(15-7)8(13)14/h3-7,9-12H,1-2H2,(H,13,14)/t3?,4-,5-,6-,7?/m1/s1. The molecule has 0 aromatic carbocycles. The first-order valence-electron chi connectivity index (χ1n) is 4.50. The molecule has 5 atom stereocenters. The minimum Gasteiger partial charge on any atom is -0.479 e. The normalized spacial score (nSPS) is 38.7. The second kappa shape index (κ2) is 4.86. The van der Waals surface area contributed by atoms with Crippen LogP contribution in [-0.4, -0.2) is 68.6 Å². The van der Waals surface area contributed by atoms with Crippen LogP contribution in [0.5, 0.6) is 0 Å². The van der Waals surface area contributed by atoms with E-state index in [1.54, 1.807) is 0 Å². The van der Waals surface area contributed by atoms with E-state index in [2.05, 4.69) is 0 Å². The van der Waals surface area contributed by atoms with Crippen molar-refractivity contribution in [3.05, 3.63) is 0 Å². The van der Waals surface area contributed by atoms with Crippen LogP contribution in [0.15, 0.2) is 0 Å². The number of aliphatic hydroxyl groups is 4. The van der Waals surface area contributed by atoms with Crippen molar-refractivity contribution in [2.75, 3.05) is 6.61 Å². The van der Waals surface area contributed by atoms with E-state index in [0.29, 0.717) is 0 Å². The molecular formula is C8H14O7. The summed E-state index contributed by atoms with van der Waals surface area (Å²) < 4.78 is 4.86. The number of hydrogen-bond donors (Lipinski definition) is 5. The van der Waals surface area contributed by atoms with E-state index in [-0.39, 0.29) is 6.42 Å². The zero-order valence-corrected chi connectivity index (χ0v) is 7.85. The fourth-order valence-electron chi connectivity index (χ4n) is 1.48. The second-order valence-corrected chi connectivity index (χ2v) is 3.47. The lowest BCUT2D eigenvalue weighted by atomic mass is 9.95. The summed E-state index contributed by atoms with van der Waals surface area (Å²) in [7, 11) is 0. The van der Waals surface area contributed by atoms with Crippen LogP contribution < -0.4 is 0 Å². The Balaban J connectivity index is 2.72. The van der Waals surface area contributed by atoms with Crippen LogP contribution in [-0.2, 0) is 9.53 Å². The number of hydrogen-bond acceptors (Lipinski definition) is 6. The summed E-state index contributed by atoms with van der Waals surface area (Å²) >= 11 is 0. The largest absolute Gasteiger partial charge is 0.479 e. The lowest BCUT2D eigenvalue weighted by Gasteiger charge is -2.37. The van der Waals surface area contributed by atoms with Crippen LogP contribution in [0.1, 0.15) is 6.42 Å². The van der Waals surface area contributed by atoms with Gasteiger partial charge in [-0.1, -0.05) is 0 Å². The van der Waals surface area contributed by atoms with E-state index < -0.39 is 43.1 Å². The van der Waals surface area contributed by atoms with Gasteiger partial charge in [-0.25, -0.2) is 4.79 Å². The SMILES string of the molecule is O=C(O)[C@H]1CC(O)[C@@H](O)C([C@H](O)CO)O1. The van der Waals surface area contributed by atoms with E-state index in [1.807, 2.05) is 0 Å². The Morgan fingerprint density at radius 3 is 2.53 bits per heavy atom. The third kappa shape index (κ3) is 2.64. The first-order chi connectivity index (χ1) is 6.97. The number of aliphatic hydroxyl groups excluding tert-OH is 4. The van der Waals surface area contributed by atoms with Crippen LogP contribution >= 0.6 is 0 Å². The van der Waals surface area contributed by atoms with Gasteiger partial charge in [-0.15, -0.1) is 0 Å². The third-order valence-electron chi connectivity index (χ3n) is 2.35. The van der Waals surface area contributed by atoms with E-state index >= 15 is 0 Å². The smallest absolute Gasteiger partial charge is 0.332 e. The highest BCUT2D eigenvalue weighted by Gasteiger charge is 2.42. The van der Waals surface area contributed by atoms with Gasteiger partial charge in [-0.05, 0) is 0 Å². The fraction of sp³-hybridized carbons (Fsp3) is 0.875. The number of aliphatic carboxylic acids is 1. The summed E-state index contributed by atoms with van der Waals surface area (Å²) in [5.74, 6) is -1.28. The van der Waals surface area contributed by atoms with Gasteiger partial charge >= 0.3 is 5.97 Å². The lowest BCUT2D eigenvalue weighted by Crippen LogP contribution is -2.55. The van der Waals surface area contributed by atoms with Gasteiger partial charge in [0.25, 0.3) is 0 Å². The Morgan fingerprint density at radius 1 is 1.47 bits per heavy atom. The van der Waals surface area contributed by atoms with E-state index in [0.717, 1.165) is 0 Å². The number of carboxylic acids is 1. The van der Waals surface area contributed by atoms with Crippen LogP contribution in [0.25, 0.3) is 0 Å². The fourth-order valence-corrected chi connectivity index (χ4v) is 1.48. The minimum atomic E-state index is -1.42. The van der Waals surface area contributed by atoms with Crippen molar-refractivity contribution in [2.24, 2.45) is 0 Å². The molecule has 0 aromatic rings. The van der Waals surface area contributed by atoms with Crippen LogP contribution in [0, 0.1) is 0 Å². The molecule has 0 spiro atoms. The summed E-state index contributed by atoms with van der Waals surface area (Å²) in [6, 6.07) is 0. The maximum atomic E-state index is 10.6. The number of rotatable bonds is 3. The maximum Gasteiger partial charge on any atom is 0.332 e. The Morgan fingerprint density at radius 2 is 2.07 bits per heavy atom. The topological polar surface area (TPSA) is 127 Å². The highest BCUT2D eigenvalue weighted by atomic mass is 16.6. The molecule has 1 rings (SSSR count). The Bertz CT molecular complexity index is 231. The van der Waals surface area contributed by atoms with Crippen molar-refractivity contribution in [2.45, 2.75) is 36.9 Å². The van der Waals surface area contributed by atoms with Gasteiger partial charge in [-0.3, -0.25) is 0 Å². The molecular weight excluding hydrogens is 208 g/mol. The number of carbonyl (C=O) groups is 1. The quantitative estimate of drug-likeness (QED) is 0.351. The van der Waals surface area contributed by atoms with Gasteiger partial charge in [0.05, 0.1) is 12.7 Å². The molecule has 1 fully saturated rings. The van der Waals surface area contributed by atoms with Gasteiger partial charge in [-0.2, -0.15) is 0 Å². The summed E-state index contributed by atoms with van der Waals surface area (Å²) in [6.07, 6.45) is -6.93. The van der Waals surface area contributed by atoms with Crippen LogP contribution in [0.4, 0.5) is 0 Å². The Kier molecular flexibility index (Phi) is 4.00. The molecule has 1 aliphatic heterocycles. The van der Waals surface area contributed by atoms with Crippen molar-refractivity contribution < 1.29 is 35.1 Å². The molecule has 0 aliphatic carbocycles. The molecule has 15 heavy (non-hydrogen) atoms. The van der Waals surface area contributed by atoms with Gasteiger partial charge in [0.2, 0.25) is 0 Å². The summed E-state index contributed by atoms with van der Waals surface area (Å²) in [5.41, 5.74) is 0. The molecule has 88 valence electrons. The van der Waals surface area contributed by atoms with E-state index in [4.69, 9.17) is 14.9 Å². The van der Waals surface area contributed by atoms with Crippen LogP contribution in [0.3, 0.4) is 0 Å². The van der Waals surface area contributed by atoms with Gasteiger partial charge in [0.15, 0.2) is 6.10 Å². The first kappa shape index (κ1) is 12.3. The third-order valence-corrected chi connectivity index (χ3v) is 2.35. The molecule has 1 heterocycles. The molecule has 1 saturated heterocycles. The molecule has 1 aliphatic rings. The molecule has 2 unspecified atom stereocenters. The molecule has 0 saturated carbocycles. The molecule has 0 radical (unpaired) electrons. The maximum absolute atomic E-state index is 10.6. The van der Waals surface area contributed by atoms with Crippen molar-refractivity contribution in [1.29, 1.82) is 0 Å². The molecule has 0 bridgehead atoms. The van der Waals surface area contributed by atoms with Crippen molar-refractivity contribution in [1.82, 2.24) is 0 Å². The monoisotopic (exact) mass is 222 g/mol. The second-order valence-electron chi connectivity index (χ2n) is 3.47. The average molecular weight is 222 g/mol. The first-order valence-corrected chi connectivity index (χ1v) is 4.50. The van der Waals surface area contributed by atoms with Gasteiger partial charge in [0.1, 0.15) is 18.3 Å². The zero-order chi connectivity index (χ0) is 11.6. The van der Waals surface area contributed by atoms with Crippen molar-refractivity contribution >= 4 is 5.97 Å². The van der Waals surface area contributed by atoms with E-state index in [1.165, 1.54) is 0 Å². The molecule has 5 N–H and O–H groups in total. The molecule has 0 amide bonds. The van der Waals surface area contributed by atoms with Gasteiger partial charge < -0.3 is 30.3 Å². The van der Waals surface area contributed by atoms with Gasteiger partial charge in [0, 0.05) is 6.42 Å². The summed E-state index contributed by atoms with van der Waals surface area (Å²) in [6.45, 7) is -0.680. The summed E-state index contributed by atoms with van der Waals surface area (Å²) in [4.78, 5) is 10.6. The van der Waals surface area contributed by atoms with Crippen LogP contribution in [0.2, 0.25) is 0 Å². The average Bonchev–Trinajstić information content (AvgIpc) is 2.20. The molecule has 7 heteroatoms. The number of ether oxygens (including phenoxy) is 1. The zero-order valence-electron chi connectivity index (χ0n) is 7.85. The predicted molar refractivity (Wildman–Crippen MR) is 46.0 cm³/mol. The highest BCUT2D eigenvalue weighted by Crippen LogP contribution is 2.22. The van der Waals surface area contributed by atoms with E-state index in [9.17, 15) is 20.1 Å². The molecule has 7 nitrogen and oxygen atoms in total. The predicted octanol–water partition coefficient (Wildman–Crippen LogP) is -2.70. The highest BCUT2D eigenvalue weighted by molar-refractivity contribution is 5.72. The summed E-state index contributed by atoms with van der Waals surface area (Å²) in [5, 5.41) is 45.3. The lowest BCUT2D eigenvalue weighted by molar-refractivity contribution is -0.212. The van der Waals surface area contributed by atoms with Crippen molar-refractivity contribution in [3.63, 3.8) is 0 Å². The Labute approximate surface area is 85.5 Å². The van der Waals surface area contributed by atoms with Crippen molar-refractivity contribution in [3.8, 4) is 0 Å². The molecule has 0 aromatic heterocycles. The minimum absolute atomic E-state index is 0.245. The number of carboxylic acid groups (broad SMARTS) is 1. The Hall–Kier alpha value is -0.730.